The van der Waals surface area contributed by atoms with Crippen molar-refractivity contribution in [2.24, 2.45) is 11.8 Å². The summed E-state index contributed by atoms with van der Waals surface area (Å²) in [5, 5.41) is 3.52. The Labute approximate surface area is 101 Å². The van der Waals surface area contributed by atoms with Crippen LogP contribution in [0.2, 0.25) is 0 Å². The summed E-state index contributed by atoms with van der Waals surface area (Å²) < 4.78 is 5.14. The Hall–Kier alpha value is -0.0800. The zero-order valence-corrected chi connectivity index (χ0v) is 11.3. The molecule has 3 atom stereocenters. The Morgan fingerprint density at radius 3 is 2.81 bits per heavy atom. The van der Waals surface area contributed by atoms with Gasteiger partial charge >= 0.3 is 0 Å². The van der Waals surface area contributed by atoms with E-state index in [-0.39, 0.29) is 0 Å². The van der Waals surface area contributed by atoms with Crippen molar-refractivity contribution in [3.8, 4) is 0 Å². The average Bonchev–Trinajstić information content (AvgIpc) is 2.35. The number of ether oxygens (including phenoxy) is 1. The lowest BCUT2D eigenvalue weighted by atomic mass is 9.76. The van der Waals surface area contributed by atoms with Gasteiger partial charge in [-0.2, -0.15) is 0 Å². The zero-order chi connectivity index (χ0) is 11.8. The van der Waals surface area contributed by atoms with E-state index in [1.54, 1.807) is 7.11 Å². The van der Waals surface area contributed by atoms with Crippen LogP contribution in [0.1, 0.15) is 51.9 Å². The van der Waals surface area contributed by atoms with Crippen LogP contribution in [0, 0.1) is 11.8 Å². The Morgan fingerprint density at radius 1 is 1.38 bits per heavy atom. The minimum absolute atomic E-state index is 0.712. The lowest BCUT2D eigenvalue weighted by Gasteiger charge is -2.34. The molecule has 2 nitrogen and oxygen atoms in total. The van der Waals surface area contributed by atoms with Gasteiger partial charge in [0.2, 0.25) is 0 Å². The molecule has 1 N–H and O–H groups in total. The Balaban J connectivity index is 2.32. The van der Waals surface area contributed by atoms with Gasteiger partial charge in [0.15, 0.2) is 0 Å². The molecule has 1 aliphatic carbocycles. The van der Waals surface area contributed by atoms with E-state index < -0.39 is 0 Å². The van der Waals surface area contributed by atoms with Crippen LogP contribution >= 0.6 is 0 Å². The normalized spacial score (nSPS) is 27.9. The lowest BCUT2D eigenvalue weighted by Crippen LogP contribution is -2.36. The Morgan fingerprint density at radius 2 is 2.19 bits per heavy atom. The summed E-state index contributed by atoms with van der Waals surface area (Å²) in [6, 6.07) is 0.712. The molecule has 0 heterocycles. The highest BCUT2D eigenvalue weighted by Gasteiger charge is 2.26. The molecule has 1 rings (SSSR count). The van der Waals surface area contributed by atoms with Gasteiger partial charge in [-0.15, -0.1) is 0 Å². The van der Waals surface area contributed by atoms with Crippen LogP contribution in [0.4, 0.5) is 0 Å². The molecule has 96 valence electrons. The summed E-state index contributed by atoms with van der Waals surface area (Å²) in [5.41, 5.74) is 0. The molecule has 3 unspecified atom stereocenters. The summed E-state index contributed by atoms with van der Waals surface area (Å²) in [4.78, 5) is 0. The van der Waals surface area contributed by atoms with Crippen LogP contribution in [0.3, 0.4) is 0 Å². The maximum Gasteiger partial charge on any atom is 0.0462 e. The second kappa shape index (κ2) is 8.08. The van der Waals surface area contributed by atoms with E-state index in [9.17, 15) is 0 Å². The van der Waals surface area contributed by atoms with E-state index in [4.69, 9.17) is 4.74 Å². The summed E-state index contributed by atoms with van der Waals surface area (Å²) in [6.07, 6.45) is 9.59. The molecule has 0 spiro atoms. The Bertz CT molecular complexity index is 172. The quantitative estimate of drug-likeness (QED) is 0.674. The molecule has 0 aromatic carbocycles. The number of hydrogen-bond donors (Lipinski definition) is 1. The molecule has 0 amide bonds. The zero-order valence-electron chi connectivity index (χ0n) is 11.3. The number of nitrogens with one attached hydrogen (secondary N) is 1. The minimum Gasteiger partial charge on any atom is -0.385 e. The average molecular weight is 227 g/mol. The summed E-state index contributed by atoms with van der Waals surface area (Å²) in [5.74, 6) is 1.89. The fraction of sp³-hybridized carbons (Fsp3) is 1.00. The number of hydrogen-bond acceptors (Lipinski definition) is 2. The molecule has 0 bridgehead atoms. The fourth-order valence-electron chi connectivity index (χ4n) is 3.13. The minimum atomic E-state index is 0.712. The van der Waals surface area contributed by atoms with Crippen LogP contribution in [0.15, 0.2) is 0 Å². The van der Waals surface area contributed by atoms with Gasteiger partial charge in [-0.25, -0.2) is 0 Å². The van der Waals surface area contributed by atoms with Crippen molar-refractivity contribution in [2.45, 2.75) is 57.9 Å². The summed E-state index contributed by atoms with van der Waals surface area (Å²) >= 11 is 0. The van der Waals surface area contributed by atoms with Gasteiger partial charge in [-0.1, -0.05) is 26.2 Å². The van der Waals surface area contributed by atoms with Crippen molar-refractivity contribution in [3.05, 3.63) is 0 Å². The van der Waals surface area contributed by atoms with Crippen LogP contribution in [0.5, 0.6) is 0 Å². The van der Waals surface area contributed by atoms with Gasteiger partial charge in [0, 0.05) is 19.8 Å². The van der Waals surface area contributed by atoms with Gasteiger partial charge in [0.1, 0.15) is 0 Å². The number of methoxy groups -OCH3 is 1. The lowest BCUT2D eigenvalue weighted by molar-refractivity contribution is 0.169. The van der Waals surface area contributed by atoms with Crippen molar-refractivity contribution >= 4 is 0 Å². The highest BCUT2D eigenvalue weighted by atomic mass is 16.5. The van der Waals surface area contributed by atoms with Crippen molar-refractivity contribution in [1.29, 1.82) is 0 Å². The molecule has 1 aliphatic rings. The topological polar surface area (TPSA) is 21.3 Å². The largest absolute Gasteiger partial charge is 0.385 e. The van der Waals surface area contributed by atoms with Crippen molar-refractivity contribution in [3.63, 3.8) is 0 Å². The molecule has 0 saturated heterocycles. The summed E-state index contributed by atoms with van der Waals surface area (Å²) in [7, 11) is 3.91. The van der Waals surface area contributed by atoms with Gasteiger partial charge < -0.3 is 10.1 Å². The van der Waals surface area contributed by atoms with E-state index in [1.807, 2.05) is 0 Å². The van der Waals surface area contributed by atoms with Crippen LogP contribution in [-0.4, -0.2) is 26.8 Å². The molecular formula is C14H29NO. The first kappa shape index (κ1) is 14.0. The smallest absolute Gasteiger partial charge is 0.0462 e. The van der Waals surface area contributed by atoms with Gasteiger partial charge in [-0.3, -0.25) is 0 Å². The molecule has 16 heavy (non-hydrogen) atoms. The molecule has 0 aliphatic heterocycles. The van der Waals surface area contributed by atoms with E-state index in [0.29, 0.717) is 6.04 Å². The third-order valence-corrected chi connectivity index (χ3v) is 4.20. The fourth-order valence-corrected chi connectivity index (χ4v) is 3.13. The van der Waals surface area contributed by atoms with Gasteiger partial charge in [-0.05, 0) is 44.6 Å². The summed E-state index contributed by atoms with van der Waals surface area (Å²) in [6.45, 7) is 3.24. The third-order valence-electron chi connectivity index (χ3n) is 4.20. The third kappa shape index (κ3) is 4.42. The molecule has 1 saturated carbocycles. The first-order valence-corrected chi connectivity index (χ1v) is 6.98. The van der Waals surface area contributed by atoms with Gasteiger partial charge in [0.25, 0.3) is 0 Å². The first-order chi connectivity index (χ1) is 7.81. The van der Waals surface area contributed by atoms with E-state index in [2.05, 4.69) is 19.3 Å². The predicted molar refractivity (Wildman–Crippen MR) is 69.7 cm³/mol. The van der Waals surface area contributed by atoms with Crippen molar-refractivity contribution in [1.82, 2.24) is 5.32 Å². The number of rotatable bonds is 7. The molecular weight excluding hydrogens is 198 g/mol. The Kier molecular flexibility index (Phi) is 7.06. The highest BCUT2D eigenvalue weighted by Crippen LogP contribution is 2.33. The van der Waals surface area contributed by atoms with Crippen LogP contribution < -0.4 is 5.32 Å². The maximum absolute atomic E-state index is 5.14. The second-order valence-electron chi connectivity index (χ2n) is 5.23. The second-order valence-corrected chi connectivity index (χ2v) is 5.23. The molecule has 2 heteroatoms. The SMILES string of the molecule is CCC1CCCC(C(CCCOC)NC)C1. The van der Waals surface area contributed by atoms with Crippen LogP contribution in [-0.2, 0) is 4.74 Å². The highest BCUT2D eigenvalue weighted by molar-refractivity contribution is 4.81. The van der Waals surface area contributed by atoms with E-state index >= 15 is 0 Å². The van der Waals surface area contributed by atoms with Crippen LogP contribution in [0.25, 0.3) is 0 Å². The molecule has 0 aromatic rings. The van der Waals surface area contributed by atoms with Crippen molar-refractivity contribution < 1.29 is 4.74 Å². The van der Waals surface area contributed by atoms with Gasteiger partial charge in [0.05, 0.1) is 0 Å². The predicted octanol–water partition coefficient (Wildman–Crippen LogP) is 3.22. The van der Waals surface area contributed by atoms with E-state index in [1.165, 1.54) is 44.9 Å². The van der Waals surface area contributed by atoms with Crippen molar-refractivity contribution in [2.75, 3.05) is 20.8 Å². The standard InChI is InChI=1S/C14H29NO/c1-4-12-7-5-8-13(11-12)14(15-2)9-6-10-16-3/h12-15H,4-11H2,1-3H3. The molecule has 0 aromatic heterocycles. The first-order valence-electron chi connectivity index (χ1n) is 6.98. The molecule has 0 radical (unpaired) electrons. The maximum atomic E-state index is 5.14. The monoisotopic (exact) mass is 227 g/mol. The van der Waals surface area contributed by atoms with E-state index in [0.717, 1.165) is 18.4 Å². The molecule has 1 fully saturated rings.